The van der Waals surface area contributed by atoms with Crippen molar-refractivity contribution in [3.8, 4) is 0 Å². The molecule has 4 heteroatoms. The van der Waals surface area contributed by atoms with E-state index >= 15 is 0 Å². The Kier molecular flexibility index (Phi) is 5.34. The quantitative estimate of drug-likeness (QED) is 0.845. The molecule has 0 spiro atoms. The topological polar surface area (TPSA) is 44.4 Å². The van der Waals surface area contributed by atoms with Gasteiger partial charge in [-0.15, -0.1) is 0 Å². The summed E-state index contributed by atoms with van der Waals surface area (Å²) in [6, 6.07) is 12.3. The average Bonchev–Trinajstić information content (AvgIpc) is 2.79. The van der Waals surface area contributed by atoms with Gasteiger partial charge in [0.2, 0.25) is 5.91 Å². The Hall–Kier alpha value is -1.39. The Balaban J connectivity index is 1.55. The lowest BCUT2D eigenvalue weighted by molar-refractivity contribution is -0.125. The SMILES string of the molecule is CNCC(C)C(=O)NC1CC2CCC(C1)N2Cc1ccccc1. The smallest absolute Gasteiger partial charge is 0.224 e. The summed E-state index contributed by atoms with van der Waals surface area (Å²) in [4.78, 5) is 14.9. The molecule has 2 bridgehead atoms. The van der Waals surface area contributed by atoms with Crippen molar-refractivity contribution in [1.29, 1.82) is 0 Å². The van der Waals surface area contributed by atoms with Gasteiger partial charge < -0.3 is 10.6 Å². The second-order valence-electron chi connectivity index (χ2n) is 7.18. The predicted molar refractivity (Wildman–Crippen MR) is 93.1 cm³/mol. The molecule has 126 valence electrons. The molecule has 2 aliphatic rings. The van der Waals surface area contributed by atoms with Crippen LogP contribution in [0.4, 0.5) is 0 Å². The van der Waals surface area contributed by atoms with Gasteiger partial charge in [0.15, 0.2) is 0 Å². The summed E-state index contributed by atoms with van der Waals surface area (Å²) < 4.78 is 0. The fourth-order valence-electron chi connectivity index (χ4n) is 4.19. The first-order chi connectivity index (χ1) is 11.2. The zero-order chi connectivity index (χ0) is 16.2. The summed E-state index contributed by atoms with van der Waals surface area (Å²) >= 11 is 0. The maximum Gasteiger partial charge on any atom is 0.224 e. The summed E-state index contributed by atoms with van der Waals surface area (Å²) in [6.45, 7) is 3.78. The standard InChI is InChI=1S/C19H29N3O/c1-14(12-20-2)19(23)21-16-10-17-8-9-18(11-16)22(17)13-15-6-4-3-5-7-15/h3-7,14,16-18,20H,8-13H2,1-2H3,(H,21,23). The van der Waals surface area contributed by atoms with Gasteiger partial charge in [-0.3, -0.25) is 9.69 Å². The molecule has 1 aromatic rings. The van der Waals surface area contributed by atoms with Gasteiger partial charge in [-0.25, -0.2) is 0 Å². The van der Waals surface area contributed by atoms with E-state index < -0.39 is 0 Å². The molecule has 0 aromatic heterocycles. The Bertz CT molecular complexity index is 505. The highest BCUT2D eigenvalue weighted by Gasteiger charge is 2.41. The van der Waals surface area contributed by atoms with Crippen LogP contribution in [-0.4, -0.2) is 42.5 Å². The summed E-state index contributed by atoms with van der Waals surface area (Å²) in [5.41, 5.74) is 1.40. The number of nitrogens with one attached hydrogen (secondary N) is 2. The van der Waals surface area contributed by atoms with Crippen LogP contribution in [0.3, 0.4) is 0 Å². The molecule has 3 atom stereocenters. The number of amides is 1. The summed E-state index contributed by atoms with van der Waals surface area (Å²) in [5.74, 6) is 0.236. The molecule has 0 aliphatic carbocycles. The van der Waals surface area contributed by atoms with Crippen molar-refractivity contribution in [2.45, 2.75) is 57.3 Å². The minimum atomic E-state index is 0.0417. The molecule has 2 N–H and O–H groups in total. The van der Waals surface area contributed by atoms with Gasteiger partial charge >= 0.3 is 0 Å². The second-order valence-corrected chi connectivity index (χ2v) is 7.18. The molecule has 2 aliphatic heterocycles. The molecule has 23 heavy (non-hydrogen) atoms. The van der Waals surface area contributed by atoms with E-state index in [9.17, 15) is 4.79 Å². The normalized spacial score (nSPS) is 28.5. The first-order valence-electron chi connectivity index (χ1n) is 8.92. The number of nitrogens with zero attached hydrogens (tertiary/aromatic N) is 1. The van der Waals surface area contributed by atoms with Crippen LogP contribution in [0.5, 0.6) is 0 Å². The van der Waals surface area contributed by atoms with Gasteiger partial charge in [-0.2, -0.15) is 0 Å². The highest BCUT2D eigenvalue weighted by molar-refractivity contribution is 5.78. The Morgan fingerprint density at radius 1 is 1.22 bits per heavy atom. The van der Waals surface area contributed by atoms with Crippen LogP contribution in [0, 0.1) is 5.92 Å². The molecule has 2 heterocycles. The number of piperidine rings is 1. The zero-order valence-corrected chi connectivity index (χ0v) is 14.3. The minimum Gasteiger partial charge on any atom is -0.353 e. The molecular weight excluding hydrogens is 286 g/mol. The molecule has 4 nitrogen and oxygen atoms in total. The largest absolute Gasteiger partial charge is 0.353 e. The van der Waals surface area contributed by atoms with Crippen LogP contribution in [0.1, 0.15) is 38.2 Å². The second kappa shape index (κ2) is 7.45. The van der Waals surface area contributed by atoms with Gasteiger partial charge in [-0.05, 0) is 38.3 Å². The minimum absolute atomic E-state index is 0.0417. The fourth-order valence-corrected chi connectivity index (χ4v) is 4.19. The third-order valence-electron chi connectivity index (χ3n) is 5.40. The summed E-state index contributed by atoms with van der Waals surface area (Å²) in [7, 11) is 1.89. The number of fused-ring (bicyclic) bond motifs is 2. The Labute approximate surface area is 139 Å². The lowest BCUT2D eigenvalue weighted by Crippen LogP contribution is -2.51. The number of hydrogen-bond acceptors (Lipinski definition) is 3. The maximum atomic E-state index is 12.2. The lowest BCUT2D eigenvalue weighted by Gasteiger charge is -2.39. The number of rotatable bonds is 6. The van der Waals surface area contributed by atoms with Crippen LogP contribution in [0.15, 0.2) is 30.3 Å². The summed E-state index contributed by atoms with van der Waals surface area (Å²) in [6.07, 6.45) is 4.74. The van der Waals surface area contributed by atoms with E-state index in [2.05, 4.69) is 45.9 Å². The number of benzene rings is 1. The van der Waals surface area contributed by atoms with E-state index in [0.717, 1.165) is 25.9 Å². The highest BCUT2D eigenvalue weighted by Crippen LogP contribution is 2.36. The van der Waals surface area contributed by atoms with Gasteiger partial charge in [0.25, 0.3) is 0 Å². The van der Waals surface area contributed by atoms with E-state index in [4.69, 9.17) is 0 Å². The Morgan fingerprint density at radius 2 is 1.87 bits per heavy atom. The number of hydrogen-bond donors (Lipinski definition) is 2. The Morgan fingerprint density at radius 3 is 2.48 bits per heavy atom. The third kappa shape index (κ3) is 3.93. The number of carbonyl (C=O) groups is 1. The van der Waals surface area contributed by atoms with Gasteiger partial charge in [0.05, 0.1) is 0 Å². The first-order valence-corrected chi connectivity index (χ1v) is 8.92. The lowest BCUT2D eigenvalue weighted by atomic mass is 9.96. The molecule has 3 rings (SSSR count). The molecule has 0 radical (unpaired) electrons. The van der Waals surface area contributed by atoms with E-state index in [1.165, 1.54) is 18.4 Å². The van der Waals surface area contributed by atoms with Crippen LogP contribution in [0.25, 0.3) is 0 Å². The zero-order valence-electron chi connectivity index (χ0n) is 14.3. The summed E-state index contributed by atoms with van der Waals surface area (Å²) in [5, 5.41) is 6.36. The molecule has 0 saturated carbocycles. The average molecular weight is 315 g/mol. The highest BCUT2D eigenvalue weighted by atomic mass is 16.1. The van der Waals surface area contributed by atoms with Gasteiger partial charge in [0.1, 0.15) is 0 Å². The van der Waals surface area contributed by atoms with E-state index in [1.807, 2.05) is 14.0 Å². The van der Waals surface area contributed by atoms with Crippen molar-refractivity contribution in [2.24, 2.45) is 5.92 Å². The van der Waals surface area contributed by atoms with Crippen molar-refractivity contribution in [3.05, 3.63) is 35.9 Å². The molecule has 1 aromatic carbocycles. The predicted octanol–water partition coefficient (Wildman–Crippen LogP) is 2.15. The molecular formula is C19H29N3O. The van der Waals surface area contributed by atoms with Crippen molar-refractivity contribution >= 4 is 5.91 Å². The fraction of sp³-hybridized carbons (Fsp3) is 0.632. The van der Waals surface area contributed by atoms with Crippen LogP contribution in [0.2, 0.25) is 0 Å². The monoisotopic (exact) mass is 315 g/mol. The van der Waals surface area contributed by atoms with Gasteiger partial charge in [0, 0.05) is 37.1 Å². The van der Waals surface area contributed by atoms with Crippen molar-refractivity contribution in [3.63, 3.8) is 0 Å². The van der Waals surface area contributed by atoms with E-state index in [1.54, 1.807) is 0 Å². The third-order valence-corrected chi connectivity index (χ3v) is 5.40. The first kappa shape index (κ1) is 16.5. The molecule has 1 amide bonds. The van der Waals surface area contributed by atoms with Crippen LogP contribution >= 0.6 is 0 Å². The van der Waals surface area contributed by atoms with E-state index in [0.29, 0.717) is 18.1 Å². The van der Waals surface area contributed by atoms with E-state index in [-0.39, 0.29) is 11.8 Å². The van der Waals surface area contributed by atoms with Crippen LogP contribution in [-0.2, 0) is 11.3 Å². The molecule has 2 saturated heterocycles. The number of carbonyl (C=O) groups excluding carboxylic acids is 1. The molecule has 3 unspecified atom stereocenters. The van der Waals surface area contributed by atoms with Crippen molar-refractivity contribution in [2.75, 3.05) is 13.6 Å². The maximum absolute atomic E-state index is 12.2. The molecule has 2 fully saturated rings. The van der Waals surface area contributed by atoms with Gasteiger partial charge in [-0.1, -0.05) is 37.3 Å². The van der Waals surface area contributed by atoms with Crippen molar-refractivity contribution < 1.29 is 4.79 Å². The van der Waals surface area contributed by atoms with Crippen molar-refractivity contribution in [1.82, 2.24) is 15.5 Å². The van der Waals surface area contributed by atoms with Crippen LogP contribution < -0.4 is 10.6 Å².